The maximum atomic E-state index is 14.1. The molecule has 0 aliphatic carbocycles. The molecule has 0 amide bonds. The zero-order valence-corrected chi connectivity index (χ0v) is 15.2. The quantitative estimate of drug-likeness (QED) is 0.577. The average Bonchev–Trinajstić information content (AvgIpc) is 2.66. The van der Waals surface area contributed by atoms with Crippen molar-refractivity contribution in [2.24, 2.45) is 10.9 Å². The Morgan fingerprint density at radius 1 is 1.22 bits per heavy atom. The maximum Gasteiger partial charge on any atom is 0.131 e. The highest BCUT2D eigenvalue weighted by molar-refractivity contribution is 5.90. The predicted octanol–water partition coefficient (Wildman–Crippen LogP) is 5.98. The van der Waals surface area contributed by atoms with Gasteiger partial charge in [0, 0.05) is 23.3 Å². The first kappa shape index (κ1) is 18.8. The second-order valence-electron chi connectivity index (χ2n) is 6.34. The van der Waals surface area contributed by atoms with Gasteiger partial charge in [-0.2, -0.15) is 0 Å². The molecule has 4 heteroatoms. The van der Waals surface area contributed by atoms with Gasteiger partial charge in [-0.3, -0.25) is 4.99 Å². The summed E-state index contributed by atoms with van der Waals surface area (Å²) in [6, 6.07) is 12.7. The number of halogens is 2. The van der Waals surface area contributed by atoms with E-state index < -0.39 is 0 Å². The zero-order valence-electron chi connectivity index (χ0n) is 15.2. The lowest BCUT2D eigenvalue weighted by Crippen LogP contribution is -2.15. The van der Waals surface area contributed by atoms with E-state index >= 15 is 0 Å². The van der Waals surface area contributed by atoms with Crippen molar-refractivity contribution in [3.63, 3.8) is 0 Å². The van der Waals surface area contributed by atoms with Gasteiger partial charge in [-0.05, 0) is 37.1 Å². The molecular weight excluding hydrogens is 344 g/mol. The van der Waals surface area contributed by atoms with Gasteiger partial charge in [-0.15, -0.1) is 0 Å². The smallest absolute Gasteiger partial charge is 0.131 e. The van der Waals surface area contributed by atoms with E-state index in [1.54, 1.807) is 36.4 Å². The van der Waals surface area contributed by atoms with Crippen LogP contribution in [-0.4, -0.2) is 12.3 Å². The van der Waals surface area contributed by atoms with Crippen molar-refractivity contribution in [3.05, 3.63) is 96.2 Å². The van der Waals surface area contributed by atoms with E-state index in [0.717, 1.165) is 23.4 Å². The Kier molecular flexibility index (Phi) is 5.97. The summed E-state index contributed by atoms with van der Waals surface area (Å²) in [6.45, 7) is 6.03. The van der Waals surface area contributed by atoms with Gasteiger partial charge in [0.25, 0.3) is 0 Å². The number of rotatable bonds is 6. The molecule has 3 rings (SSSR count). The molecule has 0 saturated carbocycles. The van der Waals surface area contributed by atoms with Gasteiger partial charge >= 0.3 is 0 Å². The van der Waals surface area contributed by atoms with E-state index in [1.165, 1.54) is 18.2 Å². The number of aliphatic imine (C=N–C) groups is 1. The van der Waals surface area contributed by atoms with Crippen molar-refractivity contribution in [3.8, 4) is 5.75 Å². The molecule has 0 bridgehead atoms. The van der Waals surface area contributed by atoms with Crippen LogP contribution in [0, 0.1) is 17.6 Å². The number of hydrogen-bond acceptors (Lipinski definition) is 2. The molecule has 138 valence electrons. The molecule has 1 aliphatic rings. The van der Waals surface area contributed by atoms with Crippen molar-refractivity contribution in [2.75, 3.05) is 6.61 Å². The van der Waals surface area contributed by atoms with E-state index in [9.17, 15) is 8.78 Å². The van der Waals surface area contributed by atoms with Gasteiger partial charge in [0.05, 0.1) is 5.70 Å². The highest BCUT2D eigenvalue weighted by atomic mass is 19.1. The standard InChI is InChI=1S/C23H21F2NO/c1-3-17(22-9-4-5-10-23(22)25)13-18-11-12-20(26-16(18)2)15-27-21-8-6-7-19(24)14-21/h3-10,12-14,18H,1,11,15H2,2H3/b17-13+. The Morgan fingerprint density at radius 3 is 2.74 bits per heavy atom. The highest BCUT2D eigenvalue weighted by Crippen LogP contribution is 2.26. The maximum absolute atomic E-state index is 14.1. The third-order valence-corrected chi connectivity index (χ3v) is 4.43. The largest absolute Gasteiger partial charge is 0.487 e. The molecule has 0 N–H and O–H groups in total. The first-order valence-corrected chi connectivity index (χ1v) is 8.78. The predicted molar refractivity (Wildman–Crippen MR) is 106 cm³/mol. The minimum absolute atomic E-state index is 0.0653. The fraction of sp³-hybridized carbons (Fsp3) is 0.174. The number of allylic oxidation sites excluding steroid dienone is 4. The summed E-state index contributed by atoms with van der Waals surface area (Å²) in [7, 11) is 0. The van der Waals surface area contributed by atoms with E-state index in [1.807, 2.05) is 19.1 Å². The fourth-order valence-electron chi connectivity index (χ4n) is 2.96. The first-order valence-electron chi connectivity index (χ1n) is 8.78. The molecule has 2 aromatic rings. The van der Waals surface area contributed by atoms with Crippen LogP contribution in [0.25, 0.3) is 5.57 Å². The lowest BCUT2D eigenvalue weighted by atomic mass is 9.92. The molecule has 1 unspecified atom stereocenters. The Hall–Kier alpha value is -3.01. The molecule has 1 atom stereocenters. The Bertz CT molecular complexity index is 927. The average molecular weight is 365 g/mol. The monoisotopic (exact) mass is 365 g/mol. The summed E-state index contributed by atoms with van der Waals surface area (Å²) in [5, 5.41) is 0. The number of nitrogens with zero attached hydrogens (tertiary/aromatic N) is 1. The molecule has 1 heterocycles. The fourth-order valence-corrected chi connectivity index (χ4v) is 2.96. The van der Waals surface area contributed by atoms with Crippen molar-refractivity contribution in [1.29, 1.82) is 0 Å². The number of benzene rings is 2. The SMILES string of the molecule is C=C/C(=C\C1CC=C(COc2cccc(F)c2)N=C1C)c1ccccc1F. The van der Waals surface area contributed by atoms with Crippen LogP contribution < -0.4 is 4.74 Å². The van der Waals surface area contributed by atoms with Gasteiger partial charge in [0.1, 0.15) is 24.0 Å². The Balaban J connectivity index is 1.70. The lowest BCUT2D eigenvalue weighted by Gasteiger charge is -2.19. The molecule has 0 spiro atoms. The van der Waals surface area contributed by atoms with Crippen LogP contribution in [0.15, 0.2) is 84.0 Å². The Morgan fingerprint density at radius 2 is 2.04 bits per heavy atom. The van der Waals surface area contributed by atoms with Crippen LogP contribution in [0.3, 0.4) is 0 Å². The normalized spacial score (nSPS) is 17.1. The summed E-state index contributed by atoms with van der Waals surface area (Å²) in [4.78, 5) is 4.59. The minimum atomic E-state index is -0.333. The van der Waals surface area contributed by atoms with E-state index in [0.29, 0.717) is 11.3 Å². The molecule has 0 aromatic heterocycles. The molecule has 0 saturated heterocycles. The second-order valence-corrected chi connectivity index (χ2v) is 6.34. The molecule has 2 nitrogen and oxygen atoms in total. The van der Waals surface area contributed by atoms with Crippen LogP contribution in [-0.2, 0) is 0 Å². The van der Waals surface area contributed by atoms with Gasteiger partial charge in [0.15, 0.2) is 0 Å². The minimum Gasteiger partial charge on any atom is -0.487 e. The Labute approximate surface area is 158 Å². The van der Waals surface area contributed by atoms with Crippen LogP contribution in [0.2, 0.25) is 0 Å². The molecule has 27 heavy (non-hydrogen) atoms. The van der Waals surface area contributed by atoms with Gasteiger partial charge < -0.3 is 4.74 Å². The first-order chi connectivity index (χ1) is 13.1. The zero-order chi connectivity index (χ0) is 19.2. The molecule has 0 radical (unpaired) electrons. The highest BCUT2D eigenvalue weighted by Gasteiger charge is 2.16. The lowest BCUT2D eigenvalue weighted by molar-refractivity contribution is 0.347. The van der Waals surface area contributed by atoms with Crippen molar-refractivity contribution < 1.29 is 13.5 Å². The summed E-state index contributed by atoms with van der Waals surface area (Å²) in [5.74, 6) is -0.0660. The topological polar surface area (TPSA) is 21.6 Å². The van der Waals surface area contributed by atoms with Gasteiger partial charge in [-0.1, -0.05) is 49.1 Å². The summed E-state index contributed by atoms with van der Waals surface area (Å²) in [5.41, 5.74) is 3.00. The van der Waals surface area contributed by atoms with Crippen LogP contribution in [0.4, 0.5) is 8.78 Å². The molecule has 1 aliphatic heterocycles. The molecular formula is C23H21F2NO. The summed E-state index contributed by atoms with van der Waals surface area (Å²) < 4.78 is 32.9. The number of hydrogen-bond donors (Lipinski definition) is 0. The number of ether oxygens (including phenoxy) is 1. The van der Waals surface area contributed by atoms with E-state index in [-0.39, 0.29) is 24.2 Å². The third kappa shape index (κ3) is 4.79. The van der Waals surface area contributed by atoms with Crippen molar-refractivity contribution in [1.82, 2.24) is 0 Å². The summed E-state index contributed by atoms with van der Waals surface area (Å²) >= 11 is 0. The van der Waals surface area contributed by atoms with Gasteiger partial charge in [-0.25, -0.2) is 8.78 Å². The van der Waals surface area contributed by atoms with Gasteiger partial charge in [0.2, 0.25) is 0 Å². The third-order valence-electron chi connectivity index (χ3n) is 4.43. The summed E-state index contributed by atoms with van der Waals surface area (Å²) in [6.07, 6.45) is 6.39. The van der Waals surface area contributed by atoms with Crippen LogP contribution in [0.5, 0.6) is 5.75 Å². The van der Waals surface area contributed by atoms with Crippen LogP contribution >= 0.6 is 0 Å². The van der Waals surface area contributed by atoms with Crippen LogP contribution in [0.1, 0.15) is 18.9 Å². The van der Waals surface area contributed by atoms with Crippen molar-refractivity contribution in [2.45, 2.75) is 13.3 Å². The van der Waals surface area contributed by atoms with Crippen molar-refractivity contribution >= 4 is 11.3 Å². The second kappa shape index (κ2) is 8.58. The van der Waals surface area contributed by atoms with E-state index in [4.69, 9.17) is 4.74 Å². The van der Waals surface area contributed by atoms with E-state index in [2.05, 4.69) is 11.6 Å². The molecule has 0 fully saturated rings. The molecule has 2 aromatic carbocycles.